The Kier molecular flexibility index (Phi) is 6.07. The largest absolute Gasteiger partial charge is 0.360 e. The summed E-state index contributed by atoms with van der Waals surface area (Å²) >= 11 is 0. The molecule has 162 valence electrons. The van der Waals surface area contributed by atoms with Gasteiger partial charge >= 0.3 is 0 Å². The van der Waals surface area contributed by atoms with Gasteiger partial charge in [-0.2, -0.15) is 5.10 Å². The fourth-order valence-corrected chi connectivity index (χ4v) is 4.26. The predicted molar refractivity (Wildman–Crippen MR) is 125 cm³/mol. The molecule has 4 aromatic rings. The molecule has 0 atom stereocenters. The van der Waals surface area contributed by atoms with Crippen molar-refractivity contribution in [2.45, 2.75) is 45.8 Å². The van der Waals surface area contributed by atoms with E-state index in [0.29, 0.717) is 6.73 Å². The van der Waals surface area contributed by atoms with E-state index in [1.54, 1.807) is 12.1 Å². The van der Waals surface area contributed by atoms with Crippen LogP contribution in [-0.4, -0.2) is 33.8 Å². The number of aromatic nitrogens is 4. The molecule has 31 heavy (non-hydrogen) atoms. The first kappa shape index (κ1) is 21.5. The number of ether oxygens (including phenoxy) is 1. The molecule has 3 aromatic heterocycles. The number of imidazole rings is 1. The number of fused-ring (bicyclic) bond motifs is 1. The van der Waals surface area contributed by atoms with Gasteiger partial charge in [0.1, 0.15) is 23.9 Å². The zero-order valence-electron chi connectivity index (χ0n) is 18.6. The molecule has 0 N–H and O–H groups in total. The van der Waals surface area contributed by atoms with E-state index in [9.17, 15) is 4.39 Å². The lowest BCUT2D eigenvalue weighted by atomic mass is 10.0. The number of halogens is 1. The van der Waals surface area contributed by atoms with Crippen molar-refractivity contribution in [3.05, 3.63) is 66.5 Å². The van der Waals surface area contributed by atoms with Crippen LogP contribution in [0.4, 0.5) is 4.39 Å². The smallest absolute Gasteiger partial charge is 0.139 e. The predicted octanol–water partition coefficient (Wildman–Crippen LogP) is 5.88. The van der Waals surface area contributed by atoms with Crippen LogP contribution in [0.3, 0.4) is 0 Å². The molecule has 0 fully saturated rings. The third-order valence-corrected chi connectivity index (χ3v) is 7.06. The van der Waals surface area contributed by atoms with Gasteiger partial charge in [0.15, 0.2) is 0 Å². The number of benzene rings is 1. The zero-order valence-corrected chi connectivity index (χ0v) is 19.6. The van der Waals surface area contributed by atoms with E-state index in [1.807, 2.05) is 23.1 Å². The van der Waals surface area contributed by atoms with E-state index in [0.717, 1.165) is 52.8 Å². The normalized spacial score (nSPS) is 12.0. The molecule has 0 aliphatic rings. The van der Waals surface area contributed by atoms with E-state index < -0.39 is 8.07 Å². The Morgan fingerprint density at radius 3 is 2.45 bits per heavy atom. The second-order valence-corrected chi connectivity index (χ2v) is 14.7. The summed E-state index contributed by atoms with van der Waals surface area (Å²) in [6, 6.07) is 11.7. The first-order valence-electron chi connectivity index (χ1n) is 10.7. The van der Waals surface area contributed by atoms with Crippen LogP contribution in [-0.2, 0) is 17.9 Å². The van der Waals surface area contributed by atoms with Gasteiger partial charge < -0.3 is 9.14 Å². The minimum absolute atomic E-state index is 0.258. The maximum absolute atomic E-state index is 13.5. The topological polar surface area (TPSA) is 44.3 Å². The standard InChI is InChI=1S/C24H29FN4OSi/c1-5-21-14-26-23-11-8-19(15-29(21)23)22-16-28(17-30-12-13-31(2,3)4)27-24(22)18-6-9-20(25)10-7-18/h6-11,14-16H,5,12-13,17H2,1-4H3. The maximum Gasteiger partial charge on any atom is 0.139 e. The summed E-state index contributed by atoms with van der Waals surface area (Å²) in [7, 11) is -1.14. The molecule has 0 amide bonds. The van der Waals surface area contributed by atoms with E-state index in [4.69, 9.17) is 9.84 Å². The first-order chi connectivity index (χ1) is 14.8. The number of rotatable bonds is 8. The van der Waals surface area contributed by atoms with Gasteiger partial charge in [-0.3, -0.25) is 0 Å². The molecule has 0 spiro atoms. The molecule has 4 rings (SSSR count). The summed E-state index contributed by atoms with van der Waals surface area (Å²) in [5.74, 6) is -0.258. The molecule has 0 saturated heterocycles. The van der Waals surface area contributed by atoms with Crippen LogP contribution >= 0.6 is 0 Å². The van der Waals surface area contributed by atoms with Gasteiger partial charge in [0.05, 0.1) is 0 Å². The minimum Gasteiger partial charge on any atom is -0.360 e. The SMILES string of the molecule is CCc1cnc2ccc(-c3cn(COCC[Si](C)(C)C)nc3-c3ccc(F)cc3)cn12. The molecule has 3 heterocycles. The highest BCUT2D eigenvalue weighted by atomic mass is 28.3. The molecular weight excluding hydrogens is 407 g/mol. The lowest BCUT2D eigenvalue weighted by Gasteiger charge is -2.15. The molecule has 0 bridgehead atoms. The summed E-state index contributed by atoms with van der Waals surface area (Å²) in [6.45, 7) is 10.3. The van der Waals surface area contributed by atoms with Crippen molar-refractivity contribution >= 4 is 13.7 Å². The van der Waals surface area contributed by atoms with E-state index in [-0.39, 0.29) is 5.82 Å². The molecule has 0 aliphatic heterocycles. The Morgan fingerprint density at radius 1 is 1.00 bits per heavy atom. The van der Waals surface area contributed by atoms with Crippen molar-refractivity contribution in [3.8, 4) is 22.4 Å². The van der Waals surface area contributed by atoms with E-state index >= 15 is 0 Å². The van der Waals surface area contributed by atoms with Crippen LogP contribution in [0.2, 0.25) is 25.7 Å². The fraction of sp³-hybridized carbons (Fsp3) is 0.333. The Labute approximate surface area is 183 Å². The Bertz CT molecular complexity index is 1170. The summed E-state index contributed by atoms with van der Waals surface area (Å²) < 4.78 is 23.4. The summed E-state index contributed by atoms with van der Waals surface area (Å²) in [5.41, 5.74) is 5.78. The number of nitrogens with zero attached hydrogens (tertiary/aromatic N) is 4. The highest BCUT2D eigenvalue weighted by Gasteiger charge is 2.16. The van der Waals surface area contributed by atoms with Crippen LogP contribution in [0, 0.1) is 5.82 Å². The minimum atomic E-state index is -1.14. The summed E-state index contributed by atoms with van der Waals surface area (Å²) in [4.78, 5) is 4.47. The second-order valence-electron chi connectivity index (χ2n) is 9.03. The van der Waals surface area contributed by atoms with Gasteiger partial charge in [0.2, 0.25) is 0 Å². The number of hydrogen-bond donors (Lipinski definition) is 0. The van der Waals surface area contributed by atoms with Crippen LogP contribution in [0.15, 0.2) is 55.0 Å². The number of hydrogen-bond acceptors (Lipinski definition) is 3. The Hall–Kier alpha value is -2.77. The number of pyridine rings is 1. The molecule has 7 heteroatoms. The van der Waals surface area contributed by atoms with Crippen molar-refractivity contribution in [3.63, 3.8) is 0 Å². The van der Waals surface area contributed by atoms with E-state index in [1.165, 1.54) is 12.1 Å². The molecule has 5 nitrogen and oxygen atoms in total. The summed E-state index contributed by atoms with van der Waals surface area (Å²) in [6.07, 6.45) is 6.92. The van der Waals surface area contributed by atoms with Gasteiger partial charge in [0.25, 0.3) is 0 Å². The van der Waals surface area contributed by atoms with Crippen molar-refractivity contribution in [2.75, 3.05) is 6.61 Å². The molecule has 0 radical (unpaired) electrons. The molecule has 0 unspecified atom stereocenters. The van der Waals surface area contributed by atoms with Gasteiger partial charge in [-0.15, -0.1) is 0 Å². The molecule has 1 aromatic carbocycles. The maximum atomic E-state index is 13.5. The fourth-order valence-electron chi connectivity index (χ4n) is 3.51. The van der Waals surface area contributed by atoms with Crippen LogP contribution < -0.4 is 0 Å². The van der Waals surface area contributed by atoms with Crippen LogP contribution in [0.1, 0.15) is 12.6 Å². The summed E-state index contributed by atoms with van der Waals surface area (Å²) in [5, 5.41) is 4.79. The average molecular weight is 437 g/mol. The van der Waals surface area contributed by atoms with Crippen molar-refractivity contribution < 1.29 is 9.13 Å². The van der Waals surface area contributed by atoms with Crippen molar-refractivity contribution in [2.24, 2.45) is 0 Å². The van der Waals surface area contributed by atoms with Gasteiger partial charge in [-0.05, 0) is 48.9 Å². The van der Waals surface area contributed by atoms with Crippen LogP contribution in [0.25, 0.3) is 28.0 Å². The first-order valence-corrected chi connectivity index (χ1v) is 14.4. The second kappa shape index (κ2) is 8.76. The third kappa shape index (κ3) is 4.94. The van der Waals surface area contributed by atoms with Gasteiger partial charge in [0, 0.05) is 55.7 Å². The highest BCUT2D eigenvalue weighted by molar-refractivity contribution is 6.76. The Balaban J connectivity index is 1.69. The van der Waals surface area contributed by atoms with Crippen LogP contribution in [0.5, 0.6) is 0 Å². The lowest BCUT2D eigenvalue weighted by Crippen LogP contribution is -2.22. The molecular formula is C24H29FN4OSi. The van der Waals surface area contributed by atoms with E-state index in [2.05, 4.69) is 48.2 Å². The van der Waals surface area contributed by atoms with Gasteiger partial charge in [-0.1, -0.05) is 26.6 Å². The van der Waals surface area contributed by atoms with Gasteiger partial charge in [-0.25, -0.2) is 14.1 Å². The molecule has 0 saturated carbocycles. The average Bonchev–Trinajstić information content (AvgIpc) is 3.34. The van der Waals surface area contributed by atoms with Crippen molar-refractivity contribution in [1.29, 1.82) is 0 Å². The third-order valence-electron chi connectivity index (χ3n) is 5.35. The lowest BCUT2D eigenvalue weighted by molar-refractivity contribution is 0.0788. The molecule has 0 aliphatic carbocycles. The quantitative estimate of drug-likeness (QED) is 0.256. The number of aryl methyl sites for hydroxylation is 1. The Morgan fingerprint density at radius 2 is 1.74 bits per heavy atom. The zero-order chi connectivity index (χ0) is 22.0. The monoisotopic (exact) mass is 436 g/mol. The van der Waals surface area contributed by atoms with Crippen molar-refractivity contribution in [1.82, 2.24) is 19.2 Å². The highest BCUT2D eigenvalue weighted by Crippen LogP contribution is 2.31.